The molecule has 1 nitrogen and oxygen atoms in total. The number of furan rings is 1. The van der Waals surface area contributed by atoms with Crippen LogP contribution in [0.3, 0.4) is 0 Å². The summed E-state index contributed by atoms with van der Waals surface area (Å²) in [6.07, 6.45) is 0. The van der Waals surface area contributed by atoms with Gasteiger partial charge >= 0.3 is 0 Å². The van der Waals surface area contributed by atoms with Gasteiger partial charge in [0, 0.05) is 21.9 Å². The number of fused-ring (bicyclic) bond motifs is 1. The number of benzene rings is 5. The maximum absolute atomic E-state index is 6.93. The first-order chi connectivity index (χ1) is 18.0. The summed E-state index contributed by atoms with van der Waals surface area (Å²) in [5.41, 5.74) is 8.22. The maximum atomic E-state index is 6.93. The first kappa shape index (κ1) is 23.1. The van der Waals surface area contributed by atoms with E-state index in [4.69, 9.17) is 4.42 Å². The molecule has 1 aromatic heterocycles. The topological polar surface area (TPSA) is 13.1 Å². The van der Waals surface area contributed by atoms with Gasteiger partial charge in [-0.25, -0.2) is 0 Å². The fourth-order valence-electron chi connectivity index (χ4n) is 5.11. The van der Waals surface area contributed by atoms with Gasteiger partial charge in [0.25, 0.3) is 0 Å². The van der Waals surface area contributed by atoms with E-state index in [-0.39, 0.29) is 5.41 Å². The Morgan fingerprint density at radius 2 is 0.973 bits per heavy atom. The molecule has 6 rings (SSSR count). The molecule has 0 aliphatic rings. The van der Waals surface area contributed by atoms with E-state index in [1.165, 1.54) is 16.7 Å². The van der Waals surface area contributed by atoms with Crippen LogP contribution in [0.2, 0.25) is 0 Å². The molecular weight excluding hydrogens is 448 g/mol. The Bertz CT molecular complexity index is 1610. The van der Waals surface area contributed by atoms with Crippen LogP contribution in [0.1, 0.15) is 26.3 Å². The Hall–Kier alpha value is -4.36. The molecule has 1 heterocycles. The second-order valence-electron chi connectivity index (χ2n) is 10.6. The third kappa shape index (κ3) is 4.27. The van der Waals surface area contributed by atoms with Gasteiger partial charge in [0.15, 0.2) is 0 Å². The SMILES string of the molecule is CC(C)(C)c1ccc2c(-c3c(-c4ccccc4)cccc3-c3ccccc3)oc(-c3ccccc3)c2c1. The molecule has 0 aliphatic carbocycles. The summed E-state index contributed by atoms with van der Waals surface area (Å²) in [4.78, 5) is 0. The van der Waals surface area contributed by atoms with Gasteiger partial charge in [-0.1, -0.05) is 142 Å². The molecule has 0 unspecified atom stereocenters. The molecule has 0 radical (unpaired) electrons. The molecule has 0 saturated heterocycles. The molecular formula is C36H30O. The van der Waals surface area contributed by atoms with E-state index in [2.05, 4.69) is 142 Å². The fraction of sp³-hybridized carbons (Fsp3) is 0.111. The molecule has 0 amide bonds. The molecule has 0 bridgehead atoms. The zero-order valence-corrected chi connectivity index (χ0v) is 21.5. The van der Waals surface area contributed by atoms with Gasteiger partial charge in [-0.3, -0.25) is 0 Å². The molecule has 0 spiro atoms. The van der Waals surface area contributed by atoms with Crippen LogP contribution in [0.15, 0.2) is 132 Å². The summed E-state index contributed by atoms with van der Waals surface area (Å²) in [5, 5.41) is 2.28. The average Bonchev–Trinajstić information content (AvgIpc) is 3.32. The van der Waals surface area contributed by atoms with Gasteiger partial charge in [0.2, 0.25) is 0 Å². The molecule has 37 heavy (non-hydrogen) atoms. The lowest BCUT2D eigenvalue weighted by molar-refractivity contribution is 0.591. The number of hydrogen-bond acceptors (Lipinski definition) is 1. The predicted octanol–water partition coefficient (Wildman–Crippen LogP) is 10.4. The largest absolute Gasteiger partial charge is 0.455 e. The van der Waals surface area contributed by atoms with Crippen LogP contribution in [-0.2, 0) is 5.41 Å². The highest BCUT2D eigenvalue weighted by atomic mass is 16.3. The Morgan fingerprint density at radius 3 is 1.49 bits per heavy atom. The van der Waals surface area contributed by atoms with E-state index >= 15 is 0 Å². The van der Waals surface area contributed by atoms with Crippen LogP contribution >= 0.6 is 0 Å². The first-order valence-electron chi connectivity index (χ1n) is 12.9. The van der Waals surface area contributed by atoms with E-state index in [0.29, 0.717) is 0 Å². The van der Waals surface area contributed by atoms with Crippen molar-refractivity contribution in [1.29, 1.82) is 0 Å². The lowest BCUT2D eigenvalue weighted by Crippen LogP contribution is -2.10. The Labute approximate surface area is 219 Å². The van der Waals surface area contributed by atoms with Gasteiger partial charge in [-0.05, 0) is 39.3 Å². The zero-order valence-electron chi connectivity index (χ0n) is 21.5. The minimum absolute atomic E-state index is 0.0384. The first-order valence-corrected chi connectivity index (χ1v) is 12.9. The highest BCUT2D eigenvalue weighted by Gasteiger charge is 2.24. The van der Waals surface area contributed by atoms with Crippen LogP contribution in [0.5, 0.6) is 0 Å². The van der Waals surface area contributed by atoms with Crippen molar-refractivity contribution >= 4 is 10.8 Å². The molecule has 5 aromatic carbocycles. The molecule has 0 N–H and O–H groups in total. The van der Waals surface area contributed by atoms with Crippen molar-refractivity contribution in [3.05, 3.63) is 133 Å². The molecule has 0 atom stereocenters. The quantitative estimate of drug-likeness (QED) is 0.246. The van der Waals surface area contributed by atoms with E-state index in [9.17, 15) is 0 Å². The zero-order chi connectivity index (χ0) is 25.4. The van der Waals surface area contributed by atoms with Crippen molar-refractivity contribution < 1.29 is 4.42 Å². The third-order valence-corrected chi connectivity index (χ3v) is 7.08. The van der Waals surface area contributed by atoms with Gasteiger partial charge in [-0.2, -0.15) is 0 Å². The summed E-state index contributed by atoms with van der Waals surface area (Å²) in [5.74, 6) is 1.83. The second-order valence-corrected chi connectivity index (χ2v) is 10.6. The number of hydrogen-bond donors (Lipinski definition) is 0. The molecule has 0 saturated carbocycles. The van der Waals surface area contributed by atoms with Crippen molar-refractivity contribution in [3.63, 3.8) is 0 Å². The average molecular weight is 479 g/mol. The van der Waals surface area contributed by atoms with E-state index < -0.39 is 0 Å². The monoisotopic (exact) mass is 478 g/mol. The summed E-state index contributed by atoms with van der Waals surface area (Å²) in [7, 11) is 0. The number of rotatable bonds is 4. The predicted molar refractivity (Wildman–Crippen MR) is 157 cm³/mol. The van der Waals surface area contributed by atoms with Crippen LogP contribution in [0, 0.1) is 0 Å². The van der Waals surface area contributed by atoms with Crippen molar-refractivity contribution in [2.45, 2.75) is 26.2 Å². The van der Waals surface area contributed by atoms with Crippen LogP contribution < -0.4 is 0 Å². The maximum Gasteiger partial charge on any atom is 0.143 e. The molecule has 180 valence electrons. The van der Waals surface area contributed by atoms with Crippen LogP contribution in [0.4, 0.5) is 0 Å². The van der Waals surface area contributed by atoms with Gasteiger partial charge in [0.05, 0.1) is 0 Å². The normalized spacial score (nSPS) is 11.6. The van der Waals surface area contributed by atoms with Gasteiger partial charge in [-0.15, -0.1) is 0 Å². The molecule has 0 fully saturated rings. The Kier molecular flexibility index (Phi) is 5.77. The Balaban J connectivity index is 1.72. The van der Waals surface area contributed by atoms with Crippen molar-refractivity contribution in [3.8, 4) is 44.9 Å². The van der Waals surface area contributed by atoms with Crippen LogP contribution in [0.25, 0.3) is 55.7 Å². The summed E-state index contributed by atoms with van der Waals surface area (Å²) in [6.45, 7) is 6.78. The lowest BCUT2D eigenvalue weighted by Gasteiger charge is -2.19. The van der Waals surface area contributed by atoms with Crippen molar-refractivity contribution in [1.82, 2.24) is 0 Å². The second kappa shape index (κ2) is 9.26. The standard InChI is InChI=1S/C36H30O/c1-36(2,3)28-22-23-31-32(24-28)34(27-18-11-6-12-19-27)37-35(31)33-29(25-14-7-4-8-15-25)20-13-21-30(33)26-16-9-5-10-17-26/h4-24H,1-3H3. The summed E-state index contributed by atoms with van der Waals surface area (Å²) >= 11 is 0. The Morgan fingerprint density at radius 1 is 0.459 bits per heavy atom. The summed E-state index contributed by atoms with van der Waals surface area (Å²) < 4.78 is 6.93. The van der Waals surface area contributed by atoms with Gasteiger partial charge in [0.1, 0.15) is 11.5 Å². The smallest absolute Gasteiger partial charge is 0.143 e. The highest BCUT2D eigenvalue weighted by Crippen LogP contribution is 2.47. The van der Waals surface area contributed by atoms with E-state index in [1.54, 1.807) is 0 Å². The van der Waals surface area contributed by atoms with E-state index in [0.717, 1.165) is 44.5 Å². The van der Waals surface area contributed by atoms with E-state index in [1.807, 2.05) is 6.07 Å². The fourth-order valence-corrected chi connectivity index (χ4v) is 5.11. The van der Waals surface area contributed by atoms with Crippen LogP contribution in [-0.4, -0.2) is 0 Å². The minimum Gasteiger partial charge on any atom is -0.455 e. The van der Waals surface area contributed by atoms with Crippen molar-refractivity contribution in [2.24, 2.45) is 0 Å². The van der Waals surface area contributed by atoms with Crippen molar-refractivity contribution in [2.75, 3.05) is 0 Å². The molecule has 1 heteroatoms. The molecule has 0 aliphatic heterocycles. The summed E-state index contributed by atoms with van der Waals surface area (Å²) in [6, 6.07) is 45.1. The van der Waals surface area contributed by atoms with Gasteiger partial charge < -0.3 is 4.42 Å². The molecule has 6 aromatic rings. The minimum atomic E-state index is 0.0384. The third-order valence-electron chi connectivity index (χ3n) is 7.08. The highest BCUT2D eigenvalue weighted by molar-refractivity contribution is 6.08. The lowest BCUT2D eigenvalue weighted by atomic mass is 9.85.